The Balaban J connectivity index is 2.11. The van der Waals surface area contributed by atoms with Gasteiger partial charge in [-0.05, 0) is 18.2 Å². The van der Waals surface area contributed by atoms with Crippen molar-refractivity contribution in [3.8, 4) is 0 Å². The Morgan fingerprint density at radius 2 is 1.94 bits per heavy atom. The molecule has 1 heterocycles. The number of allylic oxidation sites excluding steroid dienone is 6. The number of oxazole rings is 1. The van der Waals surface area contributed by atoms with Gasteiger partial charge in [-0.2, -0.15) is 0 Å². The van der Waals surface area contributed by atoms with Crippen LogP contribution in [0.25, 0.3) is 16.7 Å². The summed E-state index contributed by atoms with van der Waals surface area (Å²) < 4.78 is 5.80. The lowest BCUT2D eigenvalue weighted by atomic mass is 9.91. The first-order valence-electron chi connectivity index (χ1n) is 6.09. The molecule has 2 aromatic rings. The van der Waals surface area contributed by atoms with Crippen LogP contribution in [-0.4, -0.2) is 4.98 Å². The van der Waals surface area contributed by atoms with Crippen molar-refractivity contribution in [2.75, 3.05) is 0 Å². The van der Waals surface area contributed by atoms with Crippen molar-refractivity contribution in [2.45, 2.75) is 13.8 Å². The van der Waals surface area contributed by atoms with E-state index in [4.69, 9.17) is 4.42 Å². The Hall–Kier alpha value is -2.09. The van der Waals surface area contributed by atoms with Crippen LogP contribution < -0.4 is 0 Å². The molecule has 18 heavy (non-hydrogen) atoms. The molecular formula is C16H15NO. The monoisotopic (exact) mass is 237 g/mol. The molecule has 1 aliphatic carbocycles. The van der Waals surface area contributed by atoms with Crippen molar-refractivity contribution in [1.82, 2.24) is 4.98 Å². The highest BCUT2D eigenvalue weighted by molar-refractivity contribution is 5.78. The Bertz CT molecular complexity index is 638. The minimum absolute atomic E-state index is 0.0134. The normalized spacial score (nSPS) is 17.8. The Morgan fingerprint density at radius 3 is 2.78 bits per heavy atom. The molecule has 90 valence electrons. The van der Waals surface area contributed by atoms with Gasteiger partial charge in [0.25, 0.3) is 0 Å². The first-order valence-corrected chi connectivity index (χ1v) is 6.09. The van der Waals surface area contributed by atoms with Gasteiger partial charge in [0, 0.05) is 11.0 Å². The average Bonchev–Trinajstić information content (AvgIpc) is 2.68. The lowest BCUT2D eigenvalue weighted by molar-refractivity contribution is 0.579. The molecule has 0 aliphatic heterocycles. The summed E-state index contributed by atoms with van der Waals surface area (Å²) >= 11 is 0. The summed E-state index contributed by atoms with van der Waals surface area (Å²) in [5.74, 6) is 0.684. The molecule has 0 saturated carbocycles. The van der Waals surface area contributed by atoms with Crippen molar-refractivity contribution < 1.29 is 4.42 Å². The summed E-state index contributed by atoms with van der Waals surface area (Å²) in [7, 11) is 0. The SMILES string of the molecule is CC1(C)C=CC=CC(c2nc3ccccc3o2)=C1. The van der Waals surface area contributed by atoms with Gasteiger partial charge in [-0.3, -0.25) is 0 Å². The largest absolute Gasteiger partial charge is 0.436 e. The maximum absolute atomic E-state index is 5.80. The van der Waals surface area contributed by atoms with Crippen LogP contribution in [0, 0.1) is 5.41 Å². The van der Waals surface area contributed by atoms with Gasteiger partial charge >= 0.3 is 0 Å². The fourth-order valence-corrected chi connectivity index (χ4v) is 2.09. The van der Waals surface area contributed by atoms with E-state index in [9.17, 15) is 0 Å². The minimum atomic E-state index is 0.0134. The van der Waals surface area contributed by atoms with Crippen LogP contribution in [0.1, 0.15) is 19.7 Å². The lowest BCUT2D eigenvalue weighted by Crippen LogP contribution is -2.02. The second-order valence-electron chi connectivity index (χ2n) is 5.13. The molecule has 0 atom stereocenters. The molecule has 0 unspecified atom stereocenters. The maximum atomic E-state index is 5.80. The van der Waals surface area contributed by atoms with E-state index < -0.39 is 0 Å². The summed E-state index contributed by atoms with van der Waals surface area (Å²) in [6, 6.07) is 7.83. The van der Waals surface area contributed by atoms with E-state index in [1.54, 1.807) is 0 Å². The van der Waals surface area contributed by atoms with Gasteiger partial charge in [-0.15, -0.1) is 0 Å². The van der Waals surface area contributed by atoms with Gasteiger partial charge in [-0.25, -0.2) is 4.98 Å². The second-order valence-corrected chi connectivity index (χ2v) is 5.13. The van der Waals surface area contributed by atoms with Crippen molar-refractivity contribution in [3.05, 3.63) is 60.5 Å². The van der Waals surface area contributed by atoms with Crippen LogP contribution in [0.4, 0.5) is 0 Å². The molecule has 0 N–H and O–H groups in total. The van der Waals surface area contributed by atoms with Gasteiger partial charge in [0.05, 0.1) is 0 Å². The zero-order valence-electron chi connectivity index (χ0n) is 10.6. The maximum Gasteiger partial charge on any atom is 0.227 e. The first kappa shape index (κ1) is 11.0. The molecule has 0 radical (unpaired) electrons. The van der Waals surface area contributed by atoms with Crippen LogP contribution in [0.3, 0.4) is 0 Å². The summed E-state index contributed by atoms with van der Waals surface area (Å²) in [6.45, 7) is 4.33. The van der Waals surface area contributed by atoms with E-state index in [-0.39, 0.29) is 5.41 Å². The molecule has 0 fully saturated rings. The minimum Gasteiger partial charge on any atom is -0.436 e. The summed E-state index contributed by atoms with van der Waals surface area (Å²) in [4.78, 5) is 4.53. The third-order valence-corrected chi connectivity index (χ3v) is 2.98. The number of benzene rings is 1. The van der Waals surface area contributed by atoms with Gasteiger partial charge < -0.3 is 4.42 Å². The zero-order chi connectivity index (χ0) is 12.6. The summed E-state index contributed by atoms with van der Waals surface area (Å²) in [6.07, 6.45) is 10.5. The number of hydrogen-bond donors (Lipinski definition) is 0. The van der Waals surface area contributed by atoms with Gasteiger partial charge in [0.2, 0.25) is 5.89 Å². The highest BCUT2D eigenvalue weighted by atomic mass is 16.3. The molecule has 2 nitrogen and oxygen atoms in total. The first-order chi connectivity index (χ1) is 8.64. The predicted octanol–water partition coefficient (Wildman–Crippen LogP) is 4.36. The molecule has 2 heteroatoms. The highest BCUT2D eigenvalue weighted by Crippen LogP contribution is 2.30. The van der Waals surface area contributed by atoms with Crippen LogP contribution in [0.15, 0.2) is 59.1 Å². The van der Waals surface area contributed by atoms with Crippen molar-refractivity contribution in [3.63, 3.8) is 0 Å². The quantitative estimate of drug-likeness (QED) is 0.736. The third kappa shape index (κ3) is 2.02. The van der Waals surface area contributed by atoms with Crippen molar-refractivity contribution in [2.24, 2.45) is 5.41 Å². The van der Waals surface area contributed by atoms with Crippen molar-refractivity contribution >= 4 is 16.7 Å². The Kier molecular flexibility index (Phi) is 2.44. The molecule has 1 aliphatic rings. The smallest absolute Gasteiger partial charge is 0.227 e. The molecule has 0 bridgehead atoms. The highest BCUT2D eigenvalue weighted by Gasteiger charge is 2.16. The van der Waals surface area contributed by atoms with Gasteiger partial charge in [-0.1, -0.05) is 50.3 Å². The van der Waals surface area contributed by atoms with Gasteiger partial charge in [0.1, 0.15) is 5.52 Å². The fraction of sp³-hybridized carbons (Fsp3) is 0.188. The van der Waals surface area contributed by atoms with Crippen LogP contribution in [0.5, 0.6) is 0 Å². The number of fused-ring (bicyclic) bond motifs is 1. The third-order valence-electron chi connectivity index (χ3n) is 2.98. The van der Waals surface area contributed by atoms with E-state index >= 15 is 0 Å². The Morgan fingerprint density at radius 1 is 1.11 bits per heavy atom. The van der Waals surface area contributed by atoms with E-state index in [0.717, 1.165) is 16.7 Å². The summed E-state index contributed by atoms with van der Waals surface area (Å²) in [5, 5.41) is 0. The Labute approximate surface area is 106 Å². The molecule has 0 spiro atoms. The van der Waals surface area contributed by atoms with E-state index in [1.807, 2.05) is 36.4 Å². The van der Waals surface area contributed by atoms with Crippen molar-refractivity contribution in [1.29, 1.82) is 0 Å². The van der Waals surface area contributed by atoms with Crippen LogP contribution >= 0.6 is 0 Å². The second kappa shape index (κ2) is 3.98. The number of hydrogen-bond acceptors (Lipinski definition) is 2. The number of para-hydroxylation sites is 2. The number of nitrogens with zero attached hydrogens (tertiary/aromatic N) is 1. The van der Waals surface area contributed by atoms with E-state index in [0.29, 0.717) is 5.89 Å². The molecule has 1 aromatic carbocycles. The lowest BCUT2D eigenvalue weighted by Gasteiger charge is -2.14. The average molecular weight is 237 g/mol. The van der Waals surface area contributed by atoms with E-state index in [1.165, 1.54) is 0 Å². The molecule has 3 rings (SSSR count). The zero-order valence-corrected chi connectivity index (χ0v) is 10.6. The number of aromatic nitrogens is 1. The predicted molar refractivity (Wildman–Crippen MR) is 74.0 cm³/mol. The van der Waals surface area contributed by atoms with E-state index in [2.05, 4.69) is 37.1 Å². The van der Waals surface area contributed by atoms with Crippen LogP contribution in [0.2, 0.25) is 0 Å². The number of rotatable bonds is 1. The van der Waals surface area contributed by atoms with Gasteiger partial charge in [0.15, 0.2) is 5.58 Å². The molecule has 1 aromatic heterocycles. The standard InChI is InChI=1S/C16H15NO/c1-16(2)10-6-5-7-12(11-16)15-17-13-8-3-4-9-14(13)18-15/h3-11H,1-2H3. The molecule has 0 saturated heterocycles. The molecular weight excluding hydrogens is 222 g/mol. The summed E-state index contributed by atoms with van der Waals surface area (Å²) in [5.41, 5.74) is 2.77. The topological polar surface area (TPSA) is 26.0 Å². The van der Waals surface area contributed by atoms with Crippen LogP contribution in [-0.2, 0) is 0 Å². The molecule has 0 amide bonds. The fourth-order valence-electron chi connectivity index (χ4n) is 2.09.